The van der Waals surface area contributed by atoms with Crippen LogP contribution in [0.15, 0.2) is 24.3 Å². The summed E-state index contributed by atoms with van der Waals surface area (Å²) < 4.78 is 0. The summed E-state index contributed by atoms with van der Waals surface area (Å²) >= 11 is 5.39. The number of benzene rings is 1. The highest BCUT2D eigenvalue weighted by Gasteiger charge is 2.39. The van der Waals surface area contributed by atoms with Crippen LogP contribution in [0.4, 0.5) is 5.69 Å². The topological polar surface area (TPSA) is 53.2 Å². The Labute approximate surface area is 130 Å². The Morgan fingerprint density at radius 1 is 1.19 bits per heavy atom. The molecule has 3 N–H and O–H groups in total. The monoisotopic (exact) mass is 303 g/mol. The van der Waals surface area contributed by atoms with Crippen molar-refractivity contribution in [2.75, 3.05) is 12.4 Å². The number of thiocarbonyl (C=S) groups is 1. The highest BCUT2D eigenvalue weighted by Crippen LogP contribution is 2.44. The van der Waals surface area contributed by atoms with Crippen molar-refractivity contribution in [2.45, 2.75) is 31.7 Å². The van der Waals surface area contributed by atoms with Gasteiger partial charge in [0.25, 0.3) is 5.91 Å². The quantitative estimate of drug-likeness (QED) is 0.751. The summed E-state index contributed by atoms with van der Waals surface area (Å²) in [4.78, 5) is 11.5. The fourth-order valence-electron chi connectivity index (χ4n) is 3.61. The Balaban J connectivity index is 1.54. The molecule has 2 aliphatic rings. The third-order valence-electron chi connectivity index (χ3n) is 4.69. The van der Waals surface area contributed by atoms with E-state index in [1.54, 1.807) is 19.2 Å². The van der Waals surface area contributed by atoms with E-state index >= 15 is 0 Å². The molecule has 1 aromatic rings. The standard InChI is InChI=1S/C16H21N3OS/c1-17-15(20)11-4-6-13(7-5-11)18-16(21)19-14-9-10-2-3-12(14)8-10/h4-7,10,12,14H,2-3,8-9H2,1H3,(H,17,20)(H2,18,19,21). The van der Waals surface area contributed by atoms with Crippen molar-refractivity contribution < 1.29 is 4.79 Å². The fourth-order valence-corrected chi connectivity index (χ4v) is 3.88. The average molecular weight is 303 g/mol. The Morgan fingerprint density at radius 2 is 1.95 bits per heavy atom. The molecule has 3 atom stereocenters. The molecular weight excluding hydrogens is 282 g/mol. The summed E-state index contributed by atoms with van der Waals surface area (Å²) in [6.07, 6.45) is 5.35. The SMILES string of the molecule is CNC(=O)c1ccc(NC(=S)NC2CC3CCC2C3)cc1. The normalized spacial score (nSPS) is 26.4. The molecule has 0 spiro atoms. The molecule has 2 saturated carbocycles. The largest absolute Gasteiger partial charge is 0.359 e. The number of carbonyl (C=O) groups excluding carboxylic acids is 1. The van der Waals surface area contributed by atoms with Crippen molar-refractivity contribution in [3.63, 3.8) is 0 Å². The maximum Gasteiger partial charge on any atom is 0.251 e. The highest BCUT2D eigenvalue weighted by molar-refractivity contribution is 7.80. The summed E-state index contributed by atoms with van der Waals surface area (Å²) in [7, 11) is 1.63. The molecule has 2 aliphatic carbocycles. The molecule has 112 valence electrons. The van der Waals surface area contributed by atoms with Crippen LogP contribution in [-0.4, -0.2) is 24.1 Å². The van der Waals surface area contributed by atoms with E-state index < -0.39 is 0 Å². The van der Waals surface area contributed by atoms with E-state index in [4.69, 9.17) is 12.2 Å². The Morgan fingerprint density at radius 3 is 2.52 bits per heavy atom. The van der Waals surface area contributed by atoms with E-state index in [-0.39, 0.29) is 5.91 Å². The minimum atomic E-state index is -0.0794. The second-order valence-corrected chi connectivity index (χ2v) is 6.44. The molecule has 2 bridgehead atoms. The van der Waals surface area contributed by atoms with E-state index in [1.165, 1.54) is 25.7 Å². The first-order chi connectivity index (χ1) is 10.2. The van der Waals surface area contributed by atoms with Crippen LogP contribution in [0.5, 0.6) is 0 Å². The van der Waals surface area contributed by atoms with Crippen LogP contribution in [0, 0.1) is 11.8 Å². The molecule has 21 heavy (non-hydrogen) atoms. The predicted octanol–water partition coefficient (Wildman–Crippen LogP) is 2.52. The summed E-state index contributed by atoms with van der Waals surface area (Å²) in [6.45, 7) is 0. The van der Waals surface area contributed by atoms with Gasteiger partial charge in [0, 0.05) is 24.3 Å². The van der Waals surface area contributed by atoms with Gasteiger partial charge in [0.2, 0.25) is 0 Å². The molecule has 3 unspecified atom stereocenters. The molecule has 1 amide bonds. The van der Waals surface area contributed by atoms with Crippen molar-refractivity contribution >= 4 is 28.9 Å². The van der Waals surface area contributed by atoms with Gasteiger partial charge in [0.05, 0.1) is 0 Å². The van der Waals surface area contributed by atoms with Gasteiger partial charge >= 0.3 is 0 Å². The van der Waals surface area contributed by atoms with Crippen LogP contribution in [0.3, 0.4) is 0 Å². The lowest BCUT2D eigenvalue weighted by Gasteiger charge is -2.24. The summed E-state index contributed by atoms with van der Waals surface area (Å²) in [5, 5.41) is 9.94. The molecule has 2 fully saturated rings. The van der Waals surface area contributed by atoms with Crippen LogP contribution in [-0.2, 0) is 0 Å². The van der Waals surface area contributed by atoms with E-state index in [0.29, 0.717) is 16.7 Å². The van der Waals surface area contributed by atoms with E-state index in [0.717, 1.165) is 17.5 Å². The summed E-state index contributed by atoms with van der Waals surface area (Å²) in [6, 6.07) is 7.87. The number of carbonyl (C=O) groups is 1. The second kappa shape index (κ2) is 6.02. The maximum absolute atomic E-state index is 11.5. The molecule has 0 radical (unpaired) electrons. The lowest BCUT2D eigenvalue weighted by molar-refractivity contribution is 0.0963. The van der Waals surface area contributed by atoms with Gasteiger partial charge in [-0.15, -0.1) is 0 Å². The molecule has 3 rings (SSSR count). The predicted molar refractivity (Wildman–Crippen MR) is 88.4 cm³/mol. The minimum absolute atomic E-state index is 0.0794. The molecule has 1 aromatic carbocycles. The van der Waals surface area contributed by atoms with E-state index in [2.05, 4.69) is 16.0 Å². The Hall–Kier alpha value is -1.62. The van der Waals surface area contributed by atoms with Crippen LogP contribution in [0.25, 0.3) is 0 Å². The van der Waals surface area contributed by atoms with E-state index in [1.807, 2.05) is 12.1 Å². The van der Waals surface area contributed by atoms with Gasteiger partial charge in [-0.3, -0.25) is 4.79 Å². The number of hydrogen-bond donors (Lipinski definition) is 3. The molecule has 0 aliphatic heterocycles. The van der Waals surface area contributed by atoms with Gasteiger partial charge in [-0.1, -0.05) is 6.42 Å². The van der Waals surface area contributed by atoms with Crippen LogP contribution >= 0.6 is 12.2 Å². The lowest BCUT2D eigenvalue weighted by Crippen LogP contribution is -2.40. The summed E-state index contributed by atoms with van der Waals surface area (Å²) in [5.41, 5.74) is 1.55. The van der Waals surface area contributed by atoms with Crippen molar-refractivity contribution in [1.29, 1.82) is 0 Å². The number of amides is 1. The Bertz CT molecular complexity index is 543. The highest BCUT2D eigenvalue weighted by atomic mass is 32.1. The Kier molecular flexibility index (Phi) is 4.10. The first-order valence-corrected chi connectivity index (χ1v) is 7.96. The lowest BCUT2D eigenvalue weighted by atomic mass is 9.96. The molecular formula is C16H21N3OS. The van der Waals surface area contributed by atoms with Crippen LogP contribution < -0.4 is 16.0 Å². The van der Waals surface area contributed by atoms with Gasteiger partial charge in [-0.05, 0) is 67.6 Å². The third-order valence-corrected chi connectivity index (χ3v) is 4.91. The fraction of sp³-hybridized carbons (Fsp3) is 0.500. The third kappa shape index (κ3) is 3.18. The molecule has 0 aromatic heterocycles. The zero-order valence-corrected chi connectivity index (χ0v) is 13.0. The molecule has 4 nitrogen and oxygen atoms in total. The zero-order valence-electron chi connectivity index (χ0n) is 12.2. The van der Waals surface area contributed by atoms with Gasteiger partial charge in [-0.25, -0.2) is 0 Å². The van der Waals surface area contributed by atoms with Crippen LogP contribution in [0.2, 0.25) is 0 Å². The number of anilines is 1. The minimum Gasteiger partial charge on any atom is -0.359 e. The smallest absolute Gasteiger partial charge is 0.251 e. The maximum atomic E-state index is 11.5. The zero-order chi connectivity index (χ0) is 14.8. The van der Waals surface area contributed by atoms with Gasteiger partial charge in [0.15, 0.2) is 5.11 Å². The second-order valence-electron chi connectivity index (χ2n) is 6.04. The molecule has 0 heterocycles. The number of rotatable bonds is 3. The van der Waals surface area contributed by atoms with Crippen molar-refractivity contribution in [1.82, 2.24) is 10.6 Å². The van der Waals surface area contributed by atoms with Crippen molar-refractivity contribution in [3.8, 4) is 0 Å². The average Bonchev–Trinajstić information content (AvgIpc) is 3.09. The van der Waals surface area contributed by atoms with Crippen molar-refractivity contribution in [2.24, 2.45) is 11.8 Å². The van der Waals surface area contributed by atoms with Gasteiger partial charge in [-0.2, -0.15) is 0 Å². The van der Waals surface area contributed by atoms with E-state index in [9.17, 15) is 4.79 Å². The summed E-state index contributed by atoms with van der Waals surface area (Å²) in [5.74, 6) is 1.62. The molecule has 5 heteroatoms. The van der Waals surface area contributed by atoms with Crippen LogP contribution in [0.1, 0.15) is 36.0 Å². The number of fused-ring (bicyclic) bond motifs is 2. The van der Waals surface area contributed by atoms with Gasteiger partial charge < -0.3 is 16.0 Å². The first kappa shape index (κ1) is 14.3. The number of nitrogens with one attached hydrogen (secondary N) is 3. The number of hydrogen-bond acceptors (Lipinski definition) is 2. The first-order valence-electron chi connectivity index (χ1n) is 7.55. The molecule has 0 saturated heterocycles. The van der Waals surface area contributed by atoms with Crippen molar-refractivity contribution in [3.05, 3.63) is 29.8 Å². The van der Waals surface area contributed by atoms with Gasteiger partial charge in [0.1, 0.15) is 0 Å².